The molecule has 2 atom stereocenters. The molecule has 3 aromatic heterocycles. The lowest BCUT2D eigenvalue weighted by molar-refractivity contribution is 0.866. The number of nitrogens with zero attached hydrogens (tertiary/aromatic N) is 4. The molecule has 0 spiro atoms. The molecule has 8 rings (SSSR count). The van der Waals surface area contributed by atoms with Crippen LogP contribution in [0.1, 0.15) is 18.2 Å². The van der Waals surface area contributed by atoms with Crippen LogP contribution in [0.5, 0.6) is 0 Å². The molecule has 0 fully saturated rings. The van der Waals surface area contributed by atoms with E-state index < -0.39 is 0 Å². The van der Waals surface area contributed by atoms with Crippen molar-refractivity contribution in [2.75, 3.05) is 0 Å². The maximum absolute atomic E-state index is 5.38. The maximum Gasteiger partial charge on any atom is 0.165 e. The molecule has 1 aliphatic heterocycles. The monoisotopic (exact) mass is 470 g/mol. The van der Waals surface area contributed by atoms with E-state index in [9.17, 15) is 0 Å². The van der Waals surface area contributed by atoms with Crippen LogP contribution in [0.3, 0.4) is 0 Å². The number of rotatable bonds is 2. The van der Waals surface area contributed by atoms with E-state index in [0.29, 0.717) is 5.25 Å². The molecular formula is C30H22N4S. The number of benzene rings is 2. The third kappa shape index (κ3) is 2.76. The molecule has 0 saturated carbocycles. The lowest BCUT2D eigenvalue weighted by atomic mass is 10.1. The third-order valence-electron chi connectivity index (χ3n) is 7.29. The van der Waals surface area contributed by atoms with E-state index >= 15 is 0 Å². The van der Waals surface area contributed by atoms with Crippen LogP contribution in [0.25, 0.3) is 49.8 Å². The molecule has 0 N–H and O–H groups in total. The first-order chi connectivity index (χ1) is 17.4. The number of aromatic nitrogens is 4. The summed E-state index contributed by atoms with van der Waals surface area (Å²) in [5.41, 5.74) is 8.86. The van der Waals surface area contributed by atoms with Crippen molar-refractivity contribution in [3.05, 3.63) is 103 Å². The van der Waals surface area contributed by atoms with Crippen LogP contribution in [-0.4, -0.2) is 24.4 Å². The Balaban J connectivity index is 1.47. The van der Waals surface area contributed by atoms with Gasteiger partial charge in [0.2, 0.25) is 0 Å². The topological polar surface area (TPSA) is 35.6 Å². The zero-order chi connectivity index (χ0) is 22.9. The highest BCUT2D eigenvalue weighted by Crippen LogP contribution is 2.46. The van der Waals surface area contributed by atoms with Crippen LogP contribution >= 0.6 is 11.8 Å². The lowest BCUT2D eigenvalue weighted by Gasteiger charge is -2.15. The van der Waals surface area contributed by atoms with Gasteiger partial charge in [-0.2, -0.15) is 0 Å². The first-order valence-corrected chi connectivity index (χ1v) is 13.1. The first-order valence-electron chi connectivity index (χ1n) is 12.1. The van der Waals surface area contributed by atoms with Crippen molar-refractivity contribution in [3.63, 3.8) is 0 Å². The fourth-order valence-electron chi connectivity index (χ4n) is 5.71. The molecule has 5 heteroatoms. The Morgan fingerprint density at radius 2 is 1.60 bits per heavy atom. The van der Waals surface area contributed by atoms with Gasteiger partial charge >= 0.3 is 0 Å². The second kappa shape index (κ2) is 7.33. The van der Waals surface area contributed by atoms with E-state index in [1.54, 1.807) is 0 Å². The van der Waals surface area contributed by atoms with Crippen molar-refractivity contribution in [3.8, 4) is 0 Å². The highest BCUT2D eigenvalue weighted by molar-refractivity contribution is 8.00. The molecule has 35 heavy (non-hydrogen) atoms. The van der Waals surface area contributed by atoms with Gasteiger partial charge in [0.05, 0.1) is 16.3 Å². The fraction of sp³-hybridized carbons (Fsp3) is 0.133. The summed E-state index contributed by atoms with van der Waals surface area (Å²) >= 11 is 1.96. The molecule has 168 valence electrons. The number of hydrogen-bond donors (Lipinski definition) is 0. The van der Waals surface area contributed by atoms with E-state index in [-0.39, 0.29) is 5.37 Å². The SMILES string of the molecule is C1=CCCC(n2c3ccccc3c3nc4c(nc32)c2ccccc2n4C2C=C3C=CC=CC3S2)=C1. The quantitative estimate of drug-likeness (QED) is 0.267. The highest BCUT2D eigenvalue weighted by Gasteiger charge is 2.30. The fourth-order valence-corrected chi connectivity index (χ4v) is 7.08. The van der Waals surface area contributed by atoms with Crippen LogP contribution in [0.4, 0.5) is 0 Å². The average Bonchev–Trinajstić information content (AvgIpc) is 3.57. The summed E-state index contributed by atoms with van der Waals surface area (Å²) in [7, 11) is 0. The van der Waals surface area contributed by atoms with Crippen molar-refractivity contribution in [2.24, 2.45) is 0 Å². The third-order valence-corrected chi connectivity index (χ3v) is 8.63. The summed E-state index contributed by atoms with van der Waals surface area (Å²) in [6, 6.07) is 17.2. The van der Waals surface area contributed by atoms with Crippen molar-refractivity contribution < 1.29 is 0 Å². The molecule has 0 radical (unpaired) electrons. The molecule has 4 heterocycles. The summed E-state index contributed by atoms with van der Waals surface area (Å²) in [5, 5.41) is 2.88. The smallest absolute Gasteiger partial charge is 0.165 e. The molecule has 4 nitrogen and oxygen atoms in total. The van der Waals surface area contributed by atoms with Gasteiger partial charge in [0.1, 0.15) is 16.4 Å². The van der Waals surface area contributed by atoms with Gasteiger partial charge in [0.25, 0.3) is 0 Å². The van der Waals surface area contributed by atoms with Gasteiger partial charge in [-0.05, 0) is 42.7 Å². The minimum Gasteiger partial charge on any atom is -0.308 e. The molecule has 0 amide bonds. The Bertz CT molecular complexity index is 1840. The van der Waals surface area contributed by atoms with E-state index in [4.69, 9.17) is 9.97 Å². The Hall–Kier alpha value is -3.83. The van der Waals surface area contributed by atoms with Crippen molar-refractivity contribution in [1.29, 1.82) is 0 Å². The van der Waals surface area contributed by atoms with E-state index in [1.165, 1.54) is 22.3 Å². The Kier molecular flexibility index (Phi) is 4.08. The minimum absolute atomic E-state index is 0.177. The standard InChI is InChI=1S/C30H22N4S/c1-2-11-20(12-3-1)33-23-15-7-5-13-21(23)27-29(33)31-28-22-14-6-8-16-24(22)34(30(28)32-27)26-18-19-10-4-9-17-25(19)35-26/h1-2,4-11,13-18,25-26H,3,12H2. The molecule has 0 bridgehead atoms. The number of thioether (sulfide) groups is 1. The largest absolute Gasteiger partial charge is 0.308 e. The molecular weight excluding hydrogens is 448 g/mol. The Labute approximate surface area is 206 Å². The zero-order valence-corrected chi connectivity index (χ0v) is 19.8. The summed E-state index contributed by atoms with van der Waals surface area (Å²) in [6.07, 6.45) is 19.8. The van der Waals surface area contributed by atoms with E-state index in [1.807, 2.05) is 11.8 Å². The number of fused-ring (bicyclic) bond motifs is 7. The highest BCUT2D eigenvalue weighted by atomic mass is 32.2. The van der Waals surface area contributed by atoms with Crippen LogP contribution in [0.15, 0.2) is 103 Å². The molecule has 3 aliphatic rings. The lowest BCUT2D eigenvalue weighted by Crippen LogP contribution is -2.04. The summed E-state index contributed by atoms with van der Waals surface area (Å²) in [5.74, 6) is 0. The average molecular weight is 471 g/mol. The number of allylic oxidation sites excluding steroid dienone is 7. The molecule has 2 aromatic carbocycles. The Morgan fingerprint density at radius 1 is 0.829 bits per heavy atom. The van der Waals surface area contributed by atoms with Gasteiger partial charge in [-0.3, -0.25) is 4.57 Å². The summed E-state index contributed by atoms with van der Waals surface area (Å²) < 4.78 is 4.71. The van der Waals surface area contributed by atoms with Crippen LogP contribution in [-0.2, 0) is 0 Å². The predicted octanol–water partition coefficient (Wildman–Crippen LogP) is 7.55. The molecule has 2 aliphatic carbocycles. The van der Waals surface area contributed by atoms with Crippen LogP contribution in [0, 0.1) is 0 Å². The molecule has 5 aromatic rings. The number of hydrogen-bond acceptors (Lipinski definition) is 3. The normalized spacial score (nSPS) is 21.4. The summed E-state index contributed by atoms with van der Waals surface area (Å²) in [4.78, 5) is 10.7. The second-order valence-corrected chi connectivity index (χ2v) is 10.6. The van der Waals surface area contributed by atoms with E-state index in [0.717, 1.165) is 45.9 Å². The molecule has 0 saturated heterocycles. The second-order valence-electron chi connectivity index (χ2n) is 9.29. The Morgan fingerprint density at radius 3 is 2.43 bits per heavy atom. The van der Waals surface area contributed by atoms with Gasteiger partial charge in [-0.25, -0.2) is 9.97 Å². The van der Waals surface area contributed by atoms with Crippen molar-refractivity contribution in [1.82, 2.24) is 19.1 Å². The number of para-hydroxylation sites is 2. The van der Waals surface area contributed by atoms with Gasteiger partial charge in [-0.15, -0.1) is 11.8 Å². The predicted molar refractivity (Wildman–Crippen MR) is 147 cm³/mol. The first kappa shape index (κ1) is 19.5. The molecule has 2 unspecified atom stereocenters. The van der Waals surface area contributed by atoms with Crippen LogP contribution < -0.4 is 0 Å². The summed E-state index contributed by atoms with van der Waals surface area (Å²) in [6.45, 7) is 0. The van der Waals surface area contributed by atoms with Crippen molar-refractivity contribution >= 4 is 61.6 Å². The van der Waals surface area contributed by atoms with Crippen LogP contribution in [0.2, 0.25) is 0 Å². The van der Waals surface area contributed by atoms with Gasteiger partial charge in [-0.1, -0.05) is 72.9 Å². The minimum atomic E-state index is 0.177. The van der Waals surface area contributed by atoms with Gasteiger partial charge < -0.3 is 4.57 Å². The van der Waals surface area contributed by atoms with Gasteiger partial charge in [0, 0.05) is 16.5 Å². The van der Waals surface area contributed by atoms with E-state index in [2.05, 4.69) is 106 Å². The maximum atomic E-state index is 5.38. The zero-order valence-electron chi connectivity index (χ0n) is 19.0. The van der Waals surface area contributed by atoms with Gasteiger partial charge in [0.15, 0.2) is 11.3 Å². The van der Waals surface area contributed by atoms with Crippen molar-refractivity contribution in [2.45, 2.75) is 23.5 Å².